The van der Waals surface area contributed by atoms with Gasteiger partial charge in [-0.2, -0.15) is 0 Å². The van der Waals surface area contributed by atoms with Crippen LogP contribution in [0.3, 0.4) is 0 Å². The van der Waals surface area contributed by atoms with Gasteiger partial charge in [-0.25, -0.2) is 0 Å². The molecule has 0 aromatic carbocycles. The lowest BCUT2D eigenvalue weighted by Gasteiger charge is -2.31. The van der Waals surface area contributed by atoms with Crippen molar-refractivity contribution in [2.45, 2.75) is 38.1 Å². The Labute approximate surface area is 104 Å². The first-order valence-corrected chi connectivity index (χ1v) is 6.80. The lowest BCUT2D eigenvalue weighted by molar-refractivity contribution is -0.141. The molecule has 1 saturated carbocycles. The summed E-state index contributed by atoms with van der Waals surface area (Å²) in [6, 6.07) is 0.826. The van der Waals surface area contributed by atoms with Crippen LogP contribution in [-0.2, 0) is 9.53 Å². The number of hydrogen-bond acceptors (Lipinski definition) is 4. The quantitative estimate of drug-likeness (QED) is 0.704. The van der Waals surface area contributed by atoms with Crippen LogP contribution in [0.5, 0.6) is 0 Å². The van der Waals surface area contributed by atoms with Crippen LogP contribution >= 0.6 is 0 Å². The van der Waals surface area contributed by atoms with Gasteiger partial charge in [-0.1, -0.05) is 0 Å². The first-order chi connectivity index (χ1) is 8.28. The second kappa shape index (κ2) is 6.36. The summed E-state index contributed by atoms with van der Waals surface area (Å²) in [5, 5.41) is 3.61. The topological polar surface area (TPSA) is 41.6 Å². The standard InChI is InChI=1S/C13H24N2O2/c1-17-13(16)6-9-15-7-4-11(5-8-15)10-14-12-2-3-12/h11-12,14H,2-10H2,1H3. The van der Waals surface area contributed by atoms with Gasteiger partial charge in [0.2, 0.25) is 0 Å². The molecular formula is C13H24N2O2. The maximum atomic E-state index is 11.0. The SMILES string of the molecule is COC(=O)CCN1CCC(CNC2CC2)CC1. The number of nitrogens with one attached hydrogen (secondary N) is 1. The average Bonchev–Trinajstić information content (AvgIpc) is 3.18. The predicted octanol–water partition coefficient (Wildman–Crippen LogP) is 1.01. The van der Waals surface area contributed by atoms with Gasteiger partial charge in [-0.3, -0.25) is 4.79 Å². The molecular weight excluding hydrogens is 216 g/mol. The zero-order chi connectivity index (χ0) is 12.1. The minimum absolute atomic E-state index is 0.0949. The summed E-state index contributed by atoms with van der Waals surface area (Å²) in [6.45, 7) is 4.31. The van der Waals surface area contributed by atoms with E-state index in [1.54, 1.807) is 0 Å². The molecule has 0 aromatic heterocycles. The van der Waals surface area contributed by atoms with E-state index in [1.807, 2.05) is 0 Å². The van der Waals surface area contributed by atoms with Crippen LogP contribution < -0.4 is 5.32 Å². The number of piperidine rings is 1. The molecule has 2 aliphatic rings. The van der Waals surface area contributed by atoms with Crippen molar-refractivity contribution >= 4 is 5.97 Å². The highest BCUT2D eigenvalue weighted by atomic mass is 16.5. The number of carbonyl (C=O) groups is 1. The molecule has 1 aliphatic heterocycles. The van der Waals surface area contributed by atoms with Crippen LogP contribution in [-0.4, -0.2) is 50.2 Å². The van der Waals surface area contributed by atoms with Gasteiger partial charge in [-0.15, -0.1) is 0 Å². The van der Waals surface area contributed by atoms with E-state index in [1.165, 1.54) is 39.3 Å². The molecule has 0 aromatic rings. The van der Waals surface area contributed by atoms with Crippen molar-refractivity contribution in [2.24, 2.45) is 5.92 Å². The minimum Gasteiger partial charge on any atom is -0.469 e. The van der Waals surface area contributed by atoms with Gasteiger partial charge in [-0.05, 0) is 51.2 Å². The first-order valence-electron chi connectivity index (χ1n) is 6.80. The number of nitrogens with zero attached hydrogens (tertiary/aromatic N) is 1. The Balaban J connectivity index is 1.55. The minimum atomic E-state index is -0.0949. The van der Waals surface area contributed by atoms with E-state index in [0.29, 0.717) is 6.42 Å². The molecule has 2 fully saturated rings. The second-order valence-electron chi connectivity index (χ2n) is 5.29. The molecule has 2 rings (SSSR count). The lowest BCUT2D eigenvalue weighted by Crippen LogP contribution is -2.38. The summed E-state index contributed by atoms with van der Waals surface area (Å²) < 4.78 is 4.66. The van der Waals surface area contributed by atoms with Crippen molar-refractivity contribution in [2.75, 3.05) is 33.3 Å². The van der Waals surface area contributed by atoms with E-state index in [-0.39, 0.29) is 5.97 Å². The van der Waals surface area contributed by atoms with Gasteiger partial charge in [0.25, 0.3) is 0 Å². The molecule has 1 saturated heterocycles. The molecule has 0 spiro atoms. The van der Waals surface area contributed by atoms with Crippen molar-refractivity contribution in [1.29, 1.82) is 0 Å². The zero-order valence-corrected chi connectivity index (χ0v) is 10.8. The number of ether oxygens (including phenoxy) is 1. The average molecular weight is 240 g/mol. The number of rotatable bonds is 6. The molecule has 4 nitrogen and oxygen atoms in total. The second-order valence-corrected chi connectivity index (χ2v) is 5.29. The number of esters is 1. The molecule has 0 radical (unpaired) electrons. The summed E-state index contributed by atoms with van der Waals surface area (Å²) >= 11 is 0. The Morgan fingerprint density at radius 1 is 1.29 bits per heavy atom. The normalized spacial score (nSPS) is 22.6. The Bertz CT molecular complexity index is 246. The van der Waals surface area contributed by atoms with Crippen LogP contribution in [0.4, 0.5) is 0 Å². The maximum Gasteiger partial charge on any atom is 0.306 e. The summed E-state index contributed by atoms with van der Waals surface area (Å²) in [6.07, 6.45) is 5.80. The smallest absolute Gasteiger partial charge is 0.306 e. The van der Waals surface area contributed by atoms with Crippen LogP contribution in [0, 0.1) is 5.92 Å². The van der Waals surface area contributed by atoms with Crippen molar-refractivity contribution < 1.29 is 9.53 Å². The van der Waals surface area contributed by atoms with Crippen LogP contribution in [0.2, 0.25) is 0 Å². The highest BCUT2D eigenvalue weighted by Crippen LogP contribution is 2.21. The fraction of sp³-hybridized carbons (Fsp3) is 0.923. The van der Waals surface area contributed by atoms with Crippen molar-refractivity contribution in [3.05, 3.63) is 0 Å². The molecule has 17 heavy (non-hydrogen) atoms. The van der Waals surface area contributed by atoms with Gasteiger partial charge in [0.1, 0.15) is 0 Å². The van der Waals surface area contributed by atoms with Gasteiger partial charge in [0.15, 0.2) is 0 Å². The molecule has 1 N–H and O–H groups in total. The predicted molar refractivity (Wildman–Crippen MR) is 66.8 cm³/mol. The van der Waals surface area contributed by atoms with E-state index in [0.717, 1.165) is 31.6 Å². The van der Waals surface area contributed by atoms with Gasteiger partial charge in [0, 0.05) is 12.6 Å². The highest BCUT2D eigenvalue weighted by Gasteiger charge is 2.24. The van der Waals surface area contributed by atoms with E-state index < -0.39 is 0 Å². The van der Waals surface area contributed by atoms with E-state index in [9.17, 15) is 4.79 Å². The highest BCUT2D eigenvalue weighted by molar-refractivity contribution is 5.69. The van der Waals surface area contributed by atoms with Crippen LogP contribution in [0.1, 0.15) is 32.1 Å². The number of methoxy groups -OCH3 is 1. The van der Waals surface area contributed by atoms with Crippen LogP contribution in [0.15, 0.2) is 0 Å². The molecule has 0 amide bonds. The Hall–Kier alpha value is -0.610. The fourth-order valence-electron chi connectivity index (χ4n) is 2.39. The zero-order valence-electron chi connectivity index (χ0n) is 10.8. The summed E-state index contributed by atoms with van der Waals surface area (Å²) in [4.78, 5) is 13.4. The molecule has 0 bridgehead atoms. The Morgan fingerprint density at radius 3 is 2.59 bits per heavy atom. The van der Waals surface area contributed by atoms with E-state index in [2.05, 4.69) is 15.0 Å². The maximum absolute atomic E-state index is 11.0. The number of carbonyl (C=O) groups excluding carboxylic acids is 1. The van der Waals surface area contributed by atoms with Crippen LogP contribution in [0.25, 0.3) is 0 Å². The molecule has 1 heterocycles. The third-order valence-electron chi connectivity index (χ3n) is 3.84. The van der Waals surface area contributed by atoms with E-state index in [4.69, 9.17) is 0 Å². The van der Waals surface area contributed by atoms with Crippen molar-refractivity contribution in [3.8, 4) is 0 Å². The summed E-state index contributed by atoms with van der Waals surface area (Å²) in [5.74, 6) is 0.743. The number of hydrogen-bond donors (Lipinski definition) is 1. The molecule has 0 atom stereocenters. The van der Waals surface area contributed by atoms with Gasteiger partial charge in [0.05, 0.1) is 13.5 Å². The Kier molecular flexibility index (Phi) is 4.80. The number of likely N-dealkylation sites (tertiary alicyclic amines) is 1. The lowest BCUT2D eigenvalue weighted by atomic mass is 9.96. The third-order valence-corrected chi connectivity index (χ3v) is 3.84. The third kappa shape index (κ3) is 4.64. The largest absolute Gasteiger partial charge is 0.469 e. The van der Waals surface area contributed by atoms with Gasteiger partial charge < -0.3 is 15.0 Å². The van der Waals surface area contributed by atoms with Gasteiger partial charge >= 0.3 is 5.97 Å². The molecule has 4 heteroatoms. The van der Waals surface area contributed by atoms with Crippen molar-refractivity contribution in [1.82, 2.24) is 10.2 Å². The van der Waals surface area contributed by atoms with E-state index >= 15 is 0 Å². The summed E-state index contributed by atoms with van der Waals surface area (Å²) in [7, 11) is 1.46. The molecule has 1 aliphatic carbocycles. The monoisotopic (exact) mass is 240 g/mol. The first kappa shape index (κ1) is 12.8. The fourth-order valence-corrected chi connectivity index (χ4v) is 2.39. The summed E-state index contributed by atoms with van der Waals surface area (Å²) in [5.41, 5.74) is 0. The van der Waals surface area contributed by atoms with Crippen molar-refractivity contribution in [3.63, 3.8) is 0 Å². The molecule has 0 unspecified atom stereocenters. The molecule has 98 valence electrons. The Morgan fingerprint density at radius 2 is 2.00 bits per heavy atom.